The Balaban J connectivity index is 2.01. The number of benzene rings is 1. The van der Waals surface area contributed by atoms with E-state index in [0.29, 0.717) is 16.9 Å². The van der Waals surface area contributed by atoms with E-state index in [9.17, 15) is 9.59 Å². The molecule has 23 heavy (non-hydrogen) atoms. The predicted octanol–water partition coefficient (Wildman–Crippen LogP) is 1.84. The monoisotopic (exact) mass is 310 g/mol. The van der Waals surface area contributed by atoms with Crippen molar-refractivity contribution >= 4 is 17.6 Å². The highest BCUT2D eigenvalue weighted by Crippen LogP contribution is 2.14. The van der Waals surface area contributed by atoms with Gasteiger partial charge in [-0.1, -0.05) is 12.1 Å². The molecule has 7 nitrogen and oxygen atoms in total. The van der Waals surface area contributed by atoms with E-state index in [1.54, 1.807) is 31.2 Å². The molecule has 1 N–H and O–H groups in total. The number of hydrogen-bond acceptors (Lipinski definition) is 6. The van der Waals surface area contributed by atoms with Crippen LogP contribution >= 0.6 is 0 Å². The third-order valence-corrected chi connectivity index (χ3v) is 2.95. The van der Waals surface area contributed by atoms with Gasteiger partial charge in [0.15, 0.2) is 11.8 Å². The molecule has 0 aliphatic heterocycles. The van der Waals surface area contributed by atoms with E-state index in [4.69, 9.17) is 10.00 Å². The number of ether oxygens (including phenoxy) is 1. The Labute approximate surface area is 132 Å². The zero-order valence-electron chi connectivity index (χ0n) is 12.6. The number of nitriles is 1. The third kappa shape index (κ3) is 4.11. The van der Waals surface area contributed by atoms with Crippen molar-refractivity contribution in [1.29, 1.82) is 5.26 Å². The van der Waals surface area contributed by atoms with Gasteiger partial charge in [0.2, 0.25) is 0 Å². The standard InChI is InChI=1S/C16H14N4O3/c1-10-8-19-14(9-18-10)16(22)23-11(2)15(21)20-13-6-4-3-5-12(13)7-17/h3-6,8-9,11H,1-2H3,(H,20,21). The fourth-order valence-electron chi connectivity index (χ4n) is 1.70. The molecule has 1 aromatic carbocycles. The summed E-state index contributed by atoms with van der Waals surface area (Å²) in [6.07, 6.45) is 1.68. The second-order valence-electron chi connectivity index (χ2n) is 4.74. The van der Waals surface area contributed by atoms with Crippen LogP contribution < -0.4 is 5.32 Å². The first kappa shape index (κ1) is 16.1. The highest BCUT2D eigenvalue weighted by Gasteiger charge is 2.20. The molecule has 1 amide bonds. The lowest BCUT2D eigenvalue weighted by atomic mass is 10.2. The number of para-hydroxylation sites is 1. The summed E-state index contributed by atoms with van der Waals surface area (Å²) >= 11 is 0. The molecule has 2 rings (SSSR count). The molecule has 0 spiro atoms. The maximum absolute atomic E-state index is 12.1. The number of nitrogens with zero attached hydrogens (tertiary/aromatic N) is 3. The second kappa shape index (κ2) is 7.13. The Morgan fingerprint density at radius 3 is 2.65 bits per heavy atom. The van der Waals surface area contributed by atoms with Gasteiger partial charge in [-0.25, -0.2) is 9.78 Å². The Morgan fingerprint density at radius 1 is 1.26 bits per heavy atom. The first-order chi connectivity index (χ1) is 11.0. The van der Waals surface area contributed by atoms with Crippen molar-refractivity contribution in [3.63, 3.8) is 0 Å². The molecule has 2 aromatic rings. The minimum Gasteiger partial charge on any atom is -0.448 e. The summed E-state index contributed by atoms with van der Waals surface area (Å²) in [6, 6.07) is 8.52. The molecular formula is C16H14N4O3. The van der Waals surface area contributed by atoms with Crippen molar-refractivity contribution in [3.8, 4) is 6.07 Å². The van der Waals surface area contributed by atoms with Crippen LogP contribution in [0.15, 0.2) is 36.7 Å². The second-order valence-corrected chi connectivity index (χ2v) is 4.74. The smallest absolute Gasteiger partial charge is 0.359 e. The first-order valence-electron chi connectivity index (χ1n) is 6.81. The molecule has 0 aliphatic rings. The summed E-state index contributed by atoms with van der Waals surface area (Å²) in [5, 5.41) is 11.5. The first-order valence-corrected chi connectivity index (χ1v) is 6.81. The van der Waals surface area contributed by atoms with Crippen molar-refractivity contribution in [2.45, 2.75) is 20.0 Å². The van der Waals surface area contributed by atoms with E-state index in [1.807, 2.05) is 6.07 Å². The summed E-state index contributed by atoms with van der Waals surface area (Å²) in [5.41, 5.74) is 1.37. The summed E-state index contributed by atoms with van der Waals surface area (Å²) in [4.78, 5) is 31.8. The molecule has 1 aromatic heterocycles. The van der Waals surface area contributed by atoms with Crippen molar-refractivity contribution in [2.75, 3.05) is 5.32 Å². The fourth-order valence-corrected chi connectivity index (χ4v) is 1.70. The van der Waals surface area contributed by atoms with Gasteiger partial charge in [0, 0.05) is 6.20 Å². The van der Waals surface area contributed by atoms with Crippen molar-refractivity contribution < 1.29 is 14.3 Å². The van der Waals surface area contributed by atoms with Crippen LogP contribution in [-0.2, 0) is 9.53 Å². The number of hydrogen-bond donors (Lipinski definition) is 1. The average Bonchev–Trinajstić information content (AvgIpc) is 2.55. The topological polar surface area (TPSA) is 105 Å². The SMILES string of the molecule is Cc1cnc(C(=O)OC(C)C(=O)Nc2ccccc2C#N)cn1. The number of amides is 1. The summed E-state index contributed by atoms with van der Waals surface area (Å²) in [7, 11) is 0. The van der Waals surface area contributed by atoms with Crippen LogP contribution in [0, 0.1) is 18.3 Å². The number of aromatic nitrogens is 2. The zero-order chi connectivity index (χ0) is 16.8. The zero-order valence-corrected chi connectivity index (χ0v) is 12.6. The average molecular weight is 310 g/mol. The van der Waals surface area contributed by atoms with Gasteiger partial charge in [0.1, 0.15) is 6.07 Å². The van der Waals surface area contributed by atoms with Crippen LogP contribution in [0.2, 0.25) is 0 Å². The van der Waals surface area contributed by atoms with Gasteiger partial charge in [-0.15, -0.1) is 0 Å². The molecule has 0 saturated carbocycles. The highest BCUT2D eigenvalue weighted by atomic mass is 16.5. The summed E-state index contributed by atoms with van der Waals surface area (Å²) in [6.45, 7) is 3.18. The minimum absolute atomic E-state index is 0.0210. The molecule has 0 bridgehead atoms. The van der Waals surface area contributed by atoms with Gasteiger partial charge in [-0.2, -0.15) is 5.26 Å². The highest BCUT2D eigenvalue weighted by molar-refractivity contribution is 5.97. The van der Waals surface area contributed by atoms with Gasteiger partial charge in [-0.3, -0.25) is 9.78 Å². The molecule has 0 fully saturated rings. The molecule has 0 saturated heterocycles. The van der Waals surface area contributed by atoms with Crippen LogP contribution in [0.3, 0.4) is 0 Å². The Morgan fingerprint density at radius 2 is 2.00 bits per heavy atom. The quantitative estimate of drug-likeness (QED) is 0.864. The molecule has 116 valence electrons. The van der Waals surface area contributed by atoms with E-state index in [1.165, 1.54) is 19.3 Å². The van der Waals surface area contributed by atoms with Gasteiger partial charge < -0.3 is 10.1 Å². The lowest BCUT2D eigenvalue weighted by molar-refractivity contribution is -0.123. The fraction of sp³-hybridized carbons (Fsp3) is 0.188. The molecular weight excluding hydrogens is 296 g/mol. The van der Waals surface area contributed by atoms with Crippen LogP contribution in [0.25, 0.3) is 0 Å². The normalized spacial score (nSPS) is 11.2. The molecule has 1 unspecified atom stereocenters. The van der Waals surface area contributed by atoms with Crippen molar-refractivity contribution in [3.05, 3.63) is 53.6 Å². The van der Waals surface area contributed by atoms with Crippen molar-refractivity contribution in [2.24, 2.45) is 0 Å². The molecule has 1 heterocycles. The maximum Gasteiger partial charge on any atom is 0.359 e. The summed E-state index contributed by atoms with van der Waals surface area (Å²) < 4.78 is 5.05. The van der Waals surface area contributed by atoms with Gasteiger partial charge in [-0.05, 0) is 26.0 Å². The summed E-state index contributed by atoms with van der Waals surface area (Å²) in [5.74, 6) is -1.28. The largest absolute Gasteiger partial charge is 0.448 e. The lowest BCUT2D eigenvalue weighted by Gasteiger charge is -2.13. The number of nitrogens with one attached hydrogen (secondary N) is 1. The number of rotatable bonds is 4. The number of carbonyl (C=O) groups excluding carboxylic acids is 2. The maximum atomic E-state index is 12.1. The molecule has 1 atom stereocenters. The number of aryl methyl sites for hydroxylation is 1. The van der Waals surface area contributed by atoms with Gasteiger partial charge in [0.25, 0.3) is 5.91 Å². The van der Waals surface area contributed by atoms with Gasteiger partial charge >= 0.3 is 5.97 Å². The van der Waals surface area contributed by atoms with Crippen LogP contribution in [0.4, 0.5) is 5.69 Å². The Hall–Kier alpha value is -3.27. The number of esters is 1. The predicted molar refractivity (Wildman–Crippen MR) is 81.4 cm³/mol. The Kier molecular flexibility index (Phi) is 5.00. The Bertz CT molecular complexity index is 766. The molecule has 7 heteroatoms. The van der Waals surface area contributed by atoms with E-state index in [0.717, 1.165) is 0 Å². The number of anilines is 1. The third-order valence-electron chi connectivity index (χ3n) is 2.95. The van der Waals surface area contributed by atoms with E-state index >= 15 is 0 Å². The van der Waals surface area contributed by atoms with Crippen LogP contribution in [0.5, 0.6) is 0 Å². The molecule has 0 radical (unpaired) electrons. The van der Waals surface area contributed by atoms with Crippen LogP contribution in [0.1, 0.15) is 28.7 Å². The lowest BCUT2D eigenvalue weighted by Crippen LogP contribution is -2.30. The number of carbonyl (C=O) groups is 2. The molecule has 0 aliphatic carbocycles. The van der Waals surface area contributed by atoms with Crippen LogP contribution in [-0.4, -0.2) is 27.9 Å². The minimum atomic E-state index is -1.04. The van der Waals surface area contributed by atoms with Gasteiger partial charge in [0.05, 0.1) is 23.1 Å². The van der Waals surface area contributed by atoms with Crippen molar-refractivity contribution in [1.82, 2.24) is 9.97 Å². The van der Waals surface area contributed by atoms with E-state index in [-0.39, 0.29) is 5.69 Å². The van der Waals surface area contributed by atoms with E-state index < -0.39 is 18.0 Å². The van der Waals surface area contributed by atoms with E-state index in [2.05, 4.69) is 15.3 Å².